The van der Waals surface area contributed by atoms with Gasteiger partial charge in [-0.15, -0.1) is 0 Å². The van der Waals surface area contributed by atoms with E-state index in [1.165, 1.54) is 12.1 Å². The SMILES string of the molecule is CCNc1ccc([N+](=O)[O-])cc1C(=O)N(C)CCSC. The van der Waals surface area contributed by atoms with Crippen molar-refractivity contribution in [3.8, 4) is 0 Å². The Morgan fingerprint density at radius 3 is 2.75 bits per heavy atom. The number of nitrogens with zero attached hydrogens (tertiary/aromatic N) is 2. The third kappa shape index (κ3) is 4.12. The summed E-state index contributed by atoms with van der Waals surface area (Å²) < 4.78 is 0. The molecule has 0 aliphatic heterocycles. The lowest BCUT2D eigenvalue weighted by molar-refractivity contribution is -0.384. The van der Waals surface area contributed by atoms with E-state index in [1.807, 2.05) is 13.2 Å². The Labute approximate surface area is 122 Å². The molecule has 0 bridgehead atoms. The molecule has 0 saturated carbocycles. The van der Waals surface area contributed by atoms with Crippen molar-refractivity contribution in [1.82, 2.24) is 4.90 Å². The zero-order valence-electron chi connectivity index (χ0n) is 11.9. The Kier molecular flexibility index (Phi) is 6.30. The number of carbonyl (C=O) groups is 1. The number of hydrogen-bond donors (Lipinski definition) is 1. The maximum Gasteiger partial charge on any atom is 0.270 e. The molecule has 0 aliphatic rings. The van der Waals surface area contributed by atoms with Crippen molar-refractivity contribution < 1.29 is 9.72 Å². The number of hydrogen-bond acceptors (Lipinski definition) is 5. The van der Waals surface area contributed by atoms with Gasteiger partial charge in [-0.25, -0.2) is 0 Å². The van der Waals surface area contributed by atoms with Crippen molar-refractivity contribution in [3.63, 3.8) is 0 Å². The first-order valence-electron chi connectivity index (χ1n) is 6.28. The second kappa shape index (κ2) is 7.74. The van der Waals surface area contributed by atoms with E-state index in [0.717, 1.165) is 5.75 Å². The highest BCUT2D eigenvalue weighted by Gasteiger charge is 2.19. The zero-order chi connectivity index (χ0) is 15.1. The summed E-state index contributed by atoms with van der Waals surface area (Å²) in [5.41, 5.74) is 0.886. The van der Waals surface area contributed by atoms with Crippen LogP contribution in [0.25, 0.3) is 0 Å². The van der Waals surface area contributed by atoms with Crippen LogP contribution in [0.2, 0.25) is 0 Å². The standard InChI is InChI=1S/C13H19N3O3S/c1-4-14-12-6-5-10(16(18)19)9-11(12)13(17)15(2)7-8-20-3/h5-6,9,14H,4,7-8H2,1-3H3. The van der Waals surface area contributed by atoms with Gasteiger partial charge in [-0.05, 0) is 19.2 Å². The van der Waals surface area contributed by atoms with Gasteiger partial charge >= 0.3 is 0 Å². The highest BCUT2D eigenvalue weighted by molar-refractivity contribution is 7.98. The Hall–Kier alpha value is -1.76. The molecule has 0 aromatic heterocycles. The van der Waals surface area contributed by atoms with E-state index in [2.05, 4.69) is 5.32 Å². The molecule has 0 radical (unpaired) electrons. The van der Waals surface area contributed by atoms with Crippen LogP contribution in [-0.4, -0.2) is 47.9 Å². The number of non-ortho nitro benzene ring substituents is 1. The summed E-state index contributed by atoms with van der Waals surface area (Å²) in [5.74, 6) is 0.618. The molecule has 6 nitrogen and oxygen atoms in total. The number of nitro groups is 1. The number of rotatable bonds is 7. The number of nitro benzene ring substituents is 1. The molecule has 7 heteroatoms. The van der Waals surface area contributed by atoms with Crippen LogP contribution in [0.1, 0.15) is 17.3 Å². The fourth-order valence-electron chi connectivity index (χ4n) is 1.70. The topological polar surface area (TPSA) is 75.5 Å². The van der Waals surface area contributed by atoms with Gasteiger partial charge in [0, 0.05) is 43.7 Å². The van der Waals surface area contributed by atoms with Crippen molar-refractivity contribution in [3.05, 3.63) is 33.9 Å². The quantitative estimate of drug-likeness (QED) is 0.618. The zero-order valence-corrected chi connectivity index (χ0v) is 12.7. The minimum absolute atomic E-state index is 0.0757. The fraction of sp³-hybridized carbons (Fsp3) is 0.462. The number of carbonyl (C=O) groups excluding carboxylic acids is 1. The molecule has 0 spiro atoms. The molecular formula is C13H19N3O3S. The number of benzene rings is 1. The highest BCUT2D eigenvalue weighted by Crippen LogP contribution is 2.23. The maximum atomic E-state index is 12.4. The van der Waals surface area contributed by atoms with E-state index in [4.69, 9.17) is 0 Å². The van der Waals surface area contributed by atoms with Gasteiger partial charge in [-0.3, -0.25) is 14.9 Å². The average Bonchev–Trinajstić information content (AvgIpc) is 2.44. The van der Waals surface area contributed by atoms with Gasteiger partial charge in [0.2, 0.25) is 0 Å². The van der Waals surface area contributed by atoms with Crippen LogP contribution in [0.3, 0.4) is 0 Å². The van der Waals surface area contributed by atoms with Gasteiger partial charge in [0.05, 0.1) is 10.5 Å². The van der Waals surface area contributed by atoms with Crippen molar-refractivity contribution in [2.45, 2.75) is 6.92 Å². The lowest BCUT2D eigenvalue weighted by Crippen LogP contribution is -2.29. The van der Waals surface area contributed by atoms with E-state index >= 15 is 0 Å². The predicted octanol–water partition coefficient (Wildman–Crippen LogP) is 2.46. The van der Waals surface area contributed by atoms with Crippen molar-refractivity contribution in [2.24, 2.45) is 0 Å². The molecule has 1 aromatic carbocycles. The molecule has 1 rings (SSSR count). The fourth-order valence-corrected chi connectivity index (χ4v) is 2.16. The summed E-state index contributed by atoms with van der Waals surface area (Å²) in [7, 11) is 1.70. The van der Waals surface area contributed by atoms with Crippen molar-refractivity contribution in [1.29, 1.82) is 0 Å². The van der Waals surface area contributed by atoms with Crippen molar-refractivity contribution >= 4 is 29.0 Å². The molecule has 0 atom stereocenters. The minimum atomic E-state index is -0.492. The van der Waals surface area contributed by atoms with Crippen LogP contribution < -0.4 is 5.32 Å². The Morgan fingerprint density at radius 1 is 1.50 bits per heavy atom. The van der Waals surface area contributed by atoms with Gasteiger partial charge in [0.1, 0.15) is 0 Å². The van der Waals surface area contributed by atoms with Crippen LogP contribution in [0.15, 0.2) is 18.2 Å². The van der Waals surface area contributed by atoms with Crippen molar-refractivity contribution in [2.75, 3.05) is 37.5 Å². The van der Waals surface area contributed by atoms with Crippen LogP contribution in [0.4, 0.5) is 11.4 Å². The monoisotopic (exact) mass is 297 g/mol. The van der Waals surface area contributed by atoms with Gasteiger partial charge in [0.25, 0.3) is 11.6 Å². The largest absolute Gasteiger partial charge is 0.385 e. The first-order valence-corrected chi connectivity index (χ1v) is 7.67. The van der Waals surface area contributed by atoms with E-state index in [0.29, 0.717) is 24.3 Å². The highest BCUT2D eigenvalue weighted by atomic mass is 32.2. The second-order valence-corrected chi connectivity index (χ2v) is 5.22. The van der Waals surface area contributed by atoms with Crippen LogP contribution >= 0.6 is 11.8 Å². The predicted molar refractivity (Wildman–Crippen MR) is 82.6 cm³/mol. The third-order valence-electron chi connectivity index (χ3n) is 2.79. The second-order valence-electron chi connectivity index (χ2n) is 4.24. The molecule has 1 amide bonds. The first kappa shape index (κ1) is 16.3. The first-order chi connectivity index (χ1) is 9.51. The molecule has 0 heterocycles. The molecule has 0 saturated heterocycles. The molecular weight excluding hydrogens is 278 g/mol. The lowest BCUT2D eigenvalue weighted by atomic mass is 10.1. The Bertz CT molecular complexity index is 494. The molecule has 0 fully saturated rings. The van der Waals surface area contributed by atoms with E-state index < -0.39 is 4.92 Å². The maximum absolute atomic E-state index is 12.4. The van der Waals surface area contributed by atoms with Crippen LogP contribution in [0, 0.1) is 10.1 Å². The molecule has 20 heavy (non-hydrogen) atoms. The lowest BCUT2D eigenvalue weighted by Gasteiger charge is -2.18. The number of thioether (sulfide) groups is 1. The normalized spacial score (nSPS) is 10.2. The summed E-state index contributed by atoms with van der Waals surface area (Å²) in [6, 6.07) is 4.31. The number of nitrogens with one attached hydrogen (secondary N) is 1. The number of amides is 1. The number of anilines is 1. The molecule has 0 unspecified atom stereocenters. The Balaban J connectivity index is 3.07. The van der Waals surface area contributed by atoms with Crippen LogP contribution in [0.5, 0.6) is 0 Å². The summed E-state index contributed by atoms with van der Waals surface area (Å²) in [6.45, 7) is 3.16. The summed E-state index contributed by atoms with van der Waals surface area (Å²) in [5, 5.41) is 13.9. The minimum Gasteiger partial charge on any atom is -0.385 e. The van der Waals surface area contributed by atoms with Gasteiger partial charge in [-0.1, -0.05) is 0 Å². The summed E-state index contributed by atoms with van der Waals surface area (Å²) in [4.78, 5) is 24.3. The van der Waals surface area contributed by atoms with Gasteiger partial charge in [0.15, 0.2) is 0 Å². The average molecular weight is 297 g/mol. The smallest absolute Gasteiger partial charge is 0.270 e. The summed E-state index contributed by atoms with van der Waals surface area (Å²) >= 11 is 1.65. The Morgan fingerprint density at radius 2 is 2.20 bits per heavy atom. The van der Waals surface area contributed by atoms with E-state index in [-0.39, 0.29) is 11.6 Å². The third-order valence-corrected chi connectivity index (χ3v) is 3.38. The molecule has 1 N–H and O–H groups in total. The van der Waals surface area contributed by atoms with Crippen LogP contribution in [-0.2, 0) is 0 Å². The molecule has 0 aliphatic carbocycles. The summed E-state index contributed by atoms with van der Waals surface area (Å²) in [6.07, 6.45) is 1.97. The molecule has 110 valence electrons. The van der Waals surface area contributed by atoms with E-state index in [9.17, 15) is 14.9 Å². The van der Waals surface area contributed by atoms with Gasteiger partial charge < -0.3 is 10.2 Å². The molecule has 1 aromatic rings. The van der Waals surface area contributed by atoms with Gasteiger partial charge in [-0.2, -0.15) is 11.8 Å². The van der Waals surface area contributed by atoms with E-state index in [1.54, 1.807) is 29.8 Å².